The summed E-state index contributed by atoms with van der Waals surface area (Å²) in [6, 6.07) is 0. The Bertz CT molecular complexity index is 273. The average Bonchev–Trinajstić information content (AvgIpc) is 2.37. The lowest BCUT2D eigenvalue weighted by Crippen LogP contribution is -2.24. The third kappa shape index (κ3) is 14.4. The number of rotatable bonds is 14. The molecule has 0 aliphatic rings. The molecular formula is C20H39O2-. The van der Waals surface area contributed by atoms with Gasteiger partial charge in [-0.1, -0.05) is 92.4 Å². The molecule has 2 heteroatoms. The normalized spacial score (nSPS) is 15.7. The van der Waals surface area contributed by atoms with Crippen molar-refractivity contribution in [3.05, 3.63) is 0 Å². The molecule has 0 saturated heterocycles. The predicted molar refractivity (Wildman–Crippen MR) is 93.5 cm³/mol. The van der Waals surface area contributed by atoms with Crippen LogP contribution in [0, 0.1) is 23.7 Å². The van der Waals surface area contributed by atoms with Crippen molar-refractivity contribution in [2.45, 2.75) is 98.8 Å². The minimum atomic E-state index is -0.910. The van der Waals surface area contributed by atoms with Crippen LogP contribution in [0.25, 0.3) is 0 Å². The third-order valence-corrected chi connectivity index (χ3v) is 4.78. The number of hydrogen-bond acceptors (Lipinski definition) is 2. The maximum atomic E-state index is 10.5. The molecule has 132 valence electrons. The summed E-state index contributed by atoms with van der Waals surface area (Å²) in [4.78, 5) is 10.5. The van der Waals surface area contributed by atoms with E-state index in [1.165, 1.54) is 44.9 Å². The lowest BCUT2D eigenvalue weighted by molar-refractivity contribution is -0.306. The van der Waals surface area contributed by atoms with E-state index in [4.69, 9.17) is 0 Å². The SMILES string of the molecule is CC(C)CCCC(C)CCCC(C)CCCC(C)CC(=O)[O-]. The van der Waals surface area contributed by atoms with E-state index in [2.05, 4.69) is 27.7 Å². The Morgan fingerprint density at radius 3 is 1.41 bits per heavy atom. The molecule has 3 unspecified atom stereocenters. The Hall–Kier alpha value is -0.530. The summed E-state index contributed by atoms with van der Waals surface area (Å²) in [6.07, 6.45) is 11.8. The van der Waals surface area contributed by atoms with Gasteiger partial charge in [-0.25, -0.2) is 0 Å². The number of carboxylic acid groups (broad SMARTS) is 1. The Morgan fingerprint density at radius 1 is 0.682 bits per heavy atom. The number of carboxylic acids is 1. The first-order chi connectivity index (χ1) is 10.3. The first kappa shape index (κ1) is 21.5. The van der Waals surface area contributed by atoms with E-state index in [9.17, 15) is 9.90 Å². The van der Waals surface area contributed by atoms with E-state index >= 15 is 0 Å². The van der Waals surface area contributed by atoms with Crippen LogP contribution in [0.5, 0.6) is 0 Å². The van der Waals surface area contributed by atoms with Gasteiger partial charge in [0.2, 0.25) is 0 Å². The number of carbonyl (C=O) groups excluding carboxylic acids is 1. The average molecular weight is 312 g/mol. The Kier molecular flexibility index (Phi) is 12.6. The Morgan fingerprint density at radius 2 is 1.05 bits per heavy atom. The molecule has 0 rings (SSSR count). The molecule has 0 N–H and O–H groups in total. The summed E-state index contributed by atoms with van der Waals surface area (Å²) in [5, 5.41) is 10.5. The van der Waals surface area contributed by atoms with Crippen LogP contribution in [0.15, 0.2) is 0 Å². The number of hydrogen-bond donors (Lipinski definition) is 0. The highest BCUT2D eigenvalue weighted by atomic mass is 16.4. The fourth-order valence-electron chi connectivity index (χ4n) is 3.18. The fourth-order valence-corrected chi connectivity index (χ4v) is 3.18. The Labute approximate surface area is 139 Å². The standard InChI is InChI=1S/C20H40O2/c1-16(2)9-6-10-17(3)11-7-12-18(4)13-8-14-19(5)15-20(21)22/h16-19H,6-15H2,1-5H3,(H,21,22)/p-1. The van der Waals surface area contributed by atoms with Gasteiger partial charge in [0.1, 0.15) is 0 Å². The molecule has 0 aliphatic carbocycles. The van der Waals surface area contributed by atoms with Crippen LogP contribution < -0.4 is 5.11 Å². The van der Waals surface area contributed by atoms with Gasteiger partial charge in [-0.05, 0) is 30.1 Å². The van der Waals surface area contributed by atoms with Crippen molar-refractivity contribution in [2.24, 2.45) is 23.7 Å². The van der Waals surface area contributed by atoms with Crippen molar-refractivity contribution in [3.63, 3.8) is 0 Å². The first-order valence-corrected chi connectivity index (χ1v) is 9.51. The molecule has 0 aromatic rings. The molecule has 0 aromatic carbocycles. The van der Waals surface area contributed by atoms with E-state index < -0.39 is 5.97 Å². The van der Waals surface area contributed by atoms with E-state index in [1.807, 2.05) is 6.92 Å². The third-order valence-electron chi connectivity index (χ3n) is 4.78. The maximum Gasteiger partial charge on any atom is 0.0416 e. The van der Waals surface area contributed by atoms with E-state index in [1.54, 1.807) is 0 Å². The molecule has 0 amide bonds. The van der Waals surface area contributed by atoms with Gasteiger partial charge < -0.3 is 9.90 Å². The predicted octanol–water partition coefficient (Wildman–Crippen LogP) is 5.20. The second kappa shape index (κ2) is 13.0. The minimum Gasteiger partial charge on any atom is -0.550 e. The van der Waals surface area contributed by atoms with Gasteiger partial charge in [0, 0.05) is 5.97 Å². The van der Waals surface area contributed by atoms with E-state index in [0.29, 0.717) is 0 Å². The lowest BCUT2D eigenvalue weighted by atomic mass is 9.91. The van der Waals surface area contributed by atoms with Crippen LogP contribution in [-0.2, 0) is 4.79 Å². The number of carbonyl (C=O) groups is 1. The van der Waals surface area contributed by atoms with Gasteiger partial charge in [0.25, 0.3) is 0 Å². The van der Waals surface area contributed by atoms with Gasteiger partial charge in [-0.2, -0.15) is 0 Å². The molecule has 0 heterocycles. The summed E-state index contributed by atoms with van der Waals surface area (Å²) in [5.41, 5.74) is 0. The number of aliphatic carboxylic acids is 1. The molecule has 0 aliphatic heterocycles. The summed E-state index contributed by atoms with van der Waals surface area (Å²) < 4.78 is 0. The summed E-state index contributed by atoms with van der Waals surface area (Å²) in [7, 11) is 0. The maximum absolute atomic E-state index is 10.5. The summed E-state index contributed by atoms with van der Waals surface area (Å²) >= 11 is 0. The van der Waals surface area contributed by atoms with Crippen LogP contribution >= 0.6 is 0 Å². The zero-order valence-corrected chi connectivity index (χ0v) is 15.7. The monoisotopic (exact) mass is 311 g/mol. The quantitative estimate of drug-likeness (QED) is 0.442. The molecule has 3 atom stereocenters. The van der Waals surface area contributed by atoms with Crippen LogP contribution in [0.2, 0.25) is 0 Å². The fraction of sp³-hybridized carbons (Fsp3) is 0.950. The molecular weight excluding hydrogens is 272 g/mol. The zero-order chi connectivity index (χ0) is 17.0. The molecule has 2 nitrogen and oxygen atoms in total. The van der Waals surface area contributed by atoms with Gasteiger partial charge in [0.15, 0.2) is 0 Å². The summed E-state index contributed by atoms with van der Waals surface area (Å²) in [6.45, 7) is 11.4. The van der Waals surface area contributed by atoms with Gasteiger partial charge in [0.05, 0.1) is 0 Å². The van der Waals surface area contributed by atoms with Crippen molar-refractivity contribution >= 4 is 5.97 Å². The highest BCUT2D eigenvalue weighted by Crippen LogP contribution is 2.22. The molecule has 0 radical (unpaired) electrons. The smallest absolute Gasteiger partial charge is 0.0416 e. The molecule has 0 saturated carbocycles. The topological polar surface area (TPSA) is 40.1 Å². The van der Waals surface area contributed by atoms with Crippen molar-refractivity contribution in [1.29, 1.82) is 0 Å². The van der Waals surface area contributed by atoms with Crippen molar-refractivity contribution < 1.29 is 9.90 Å². The van der Waals surface area contributed by atoms with Crippen molar-refractivity contribution in [1.82, 2.24) is 0 Å². The van der Waals surface area contributed by atoms with Crippen LogP contribution in [-0.4, -0.2) is 5.97 Å². The second-order valence-corrected chi connectivity index (χ2v) is 8.08. The largest absolute Gasteiger partial charge is 0.550 e. The van der Waals surface area contributed by atoms with Crippen LogP contribution in [0.1, 0.15) is 98.8 Å². The van der Waals surface area contributed by atoms with Gasteiger partial charge in [-0.15, -0.1) is 0 Å². The molecule has 0 spiro atoms. The first-order valence-electron chi connectivity index (χ1n) is 9.51. The van der Waals surface area contributed by atoms with Gasteiger partial charge in [-0.3, -0.25) is 0 Å². The second-order valence-electron chi connectivity index (χ2n) is 8.08. The van der Waals surface area contributed by atoms with Crippen LogP contribution in [0.3, 0.4) is 0 Å². The lowest BCUT2D eigenvalue weighted by Gasteiger charge is -2.16. The highest BCUT2D eigenvalue weighted by molar-refractivity contribution is 5.64. The molecule has 0 fully saturated rings. The van der Waals surface area contributed by atoms with Crippen LogP contribution in [0.4, 0.5) is 0 Å². The Balaban J connectivity index is 3.52. The van der Waals surface area contributed by atoms with E-state index in [-0.39, 0.29) is 12.3 Å². The summed E-state index contributed by atoms with van der Waals surface area (Å²) in [5.74, 6) is 1.84. The van der Waals surface area contributed by atoms with Gasteiger partial charge >= 0.3 is 0 Å². The zero-order valence-electron chi connectivity index (χ0n) is 15.7. The van der Waals surface area contributed by atoms with Crippen molar-refractivity contribution in [3.8, 4) is 0 Å². The molecule has 0 aromatic heterocycles. The van der Waals surface area contributed by atoms with Crippen molar-refractivity contribution in [2.75, 3.05) is 0 Å². The molecule has 22 heavy (non-hydrogen) atoms. The van der Waals surface area contributed by atoms with E-state index in [0.717, 1.165) is 30.6 Å². The minimum absolute atomic E-state index is 0.211. The highest BCUT2D eigenvalue weighted by Gasteiger charge is 2.08. The molecule has 0 bridgehead atoms.